The van der Waals surface area contributed by atoms with Gasteiger partial charge in [0.2, 0.25) is 0 Å². The van der Waals surface area contributed by atoms with Crippen LogP contribution < -0.4 is 0 Å². The molecule has 0 fully saturated rings. The molecule has 0 saturated heterocycles. The molecule has 1 aromatic rings. The Hall–Kier alpha value is -0.820. The molecule has 0 spiro atoms. The minimum Gasteiger partial charge on any atom is -0.349 e. The first kappa shape index (κ1) is 21.2. The van der Waals surface area contributed by atoms with Gasteiger partial charge in [-0.1, -0.05) is 38.1 Å². The van der Waals surface area contributed by atoms with Crippen LogP contribution in [0.3, 0.4) is 0 Å². The Bertz CT molecular complexity index is 444. The van der Waals surface area contributed by atoms with Gasteiger partial charge in [0.1, 0.15) is 0 Å². The van der Waals surface area contributed by atoms with E-state index in [1.165, 1.54) is 11.1 Å². The van der Waals surface area contributed by atoms with Gasteiger partial charge in [-0.25, -0.2) is 4.99 Å². The lowest BCUT2D eigenvalue weighted by atomic mass is 10.1. The molecule has 0 N–H and O–H groups in total. The molecule has 0 radical (unpaired) electrons. The van der Waals surface area contributed by atoms with Crippen LogP contribution in [0.5, 0.6) is 0 Å². The molecule has 4 nitrogen and oxygen atoms in total. The van der Waals surface area contributed by atoms with E-state index in [0.29, 0.717) is 0 Å². The second-order valence-electron chi connectivity index (χ2n) is 5.69. The predicted octanol–water partition coefficient (Wildman–Crippen LogP) is 3.13. The van der Waals surface area contributed by atoms with Gasteiger partial charge in [-0.05, 0) is 24.2 Å². The number of nitrogens with zero attached hydrogens (tertiary/aromatic N) is 4. The number of halogens is 1. The fourth-order valence-electron chi connectivity index (χ4n) is 2.38. The lowest BCUT2D eigenvalue weighted by molar-refractivity contribution is 0.296. The van der Waals surface area contributed by atoms with Gasteiger partial charge in [0, 0.05) is 34.7 Å². The fraction of sp³-hybridized carbons (Fsp3) is 0.588. The van der Waals surface area contributed by atoms with Crippen molar-refractivity contribution in [3.8, 4) is 0 Å². The second kappa shape index (κ2) is 10.8. The summed E-state index contributed by atoms with van der Waals surface area (Å²) in [6, 6.07) is 8.75. The minimum absolute atomic E-state index is 0. The maximum atomic E-state index is 4.71. The number of guanidine groups is 1. The summed E-state index contributed by atoms with van der Waals surface area (Å²) in [5.41, 5.74) is 2.63. The van der Waals surface area contributed by atoms with Crippen molar-refractivity contribution in [2.75, 3.05) is 41.3 Å². The number of benzene rings is 1. The SMILES string of the molecule is CCN(CC)Cc1cccc(CN=C(N(C)C)N(C)C)c1.I. The third-order valence-electron chi connectivity index (χ3n) is 3.50. The highest BCUT2D eigenvalue weighted by Gasteiger charge is 2.05. The minimum atomic E-state index is 0. The standard InChI is InChI=1S/C17H30N4.HI/c1-7-21(8-2)14-16-11-9-10-15(12-16)13-18-17(19(3)4)20(5)6;/h9-12H,7-8,13-14H2,1-6H3;1H. The van der Waals surface area contributed by atoms with Crippen molar-refractivity contribution < 1.29 is 0 Å². The van der Waals surface area contributed by atoms with Crippen molar-refractivity contribution in [3.05, 3.63) is 35.4 Å². The number of hydrogen-bond donors (Lipinski definition) is 0. The van der Waals surface area contributed by atoms with Crippen LogP contribution in [0.1, 0.15) is 25.0 Å². The van der Waals surface area contributed by atoms with E-state index < -0.39 is 0 Å². The average Bonchev–Trinajstić information content (AvgIpc) is 2.44. The van der Waals surface area contributed by atoms with Crippen molar-refractivity contribution in [2.45, 2.75) is 26.9 Å². The van der Waals surface area contributed by atoms with Crippen LogP contribution in [0.4, 0.5) is 0 Å². The molecule has 0 unspecified atom stereocenters. The van der Waals surface area contributed by atoms with Crippen molar-refractivity contribution in [3.63, 3.8) is 0 Å². The van der Waals surface area contributed by atoms with Crippen molar-refractivity contribution >= 4 is 29.9 Å². The molecule has 0 aromatic heterocycles. The molecule has 0 aliphatic rings. The summed E-state index contributed by atoms with van der Waals surface area (Å²) in [5.74, 6) is 0.990. The first-order valence-corrected chi connectivity index (χ1v) is 7.67. The molecular formula is C17H31IN4. The number of rotatable bonds is 6. The number of aliphatic imine (C=N–C) groups is 1. The zero-order chi connectivity index (χ0) is 15.8. The third kappa shape index (κ3) is 6.96. The molecule has 126 valence electrons. The molecule has 5 heteroatoms. The lowest BCUT2D eigenvalue weighted by Crippen LogP contribution is -2.35. The highest BCUT2D eigenvalue weighted by atomic mass is 127. The first-order valence-electron chi connectivity index (χ1n) is 7.67. The van der Waals surface area contributed by atoms with Crippen LogP contribution in [0, 0.1) is 0 Å². The van der Waals surface area contributed by atoms with Gasteiger partial charge in [0.15, 0.2) is 5.96 Å². The molecule has 0 aliphatic carbocycles. The van der Waals surface area contributed by atoms with E-state index in [1.54, 1.807) is 0 Å². The normalized spacial score (nSPS) is 10.1. The Morgan fingerprint density at radius 1 is 0.955 bits per heavy atom. The van der Waals surface area contributed by atoms with Crippen molar-refractivity contribution in [1.29, 1.82) is 0 Å². The van der Waals surface area contributed by atoms with Gasteiger partial charge in [-0.15, -0.1) is 24.0 Å². The van der Waals surface area contributed by atoms with Gasteiger partial charge >= 0.3 is 0 Å². The Labute approximate surface area is 153 Å². The van der Waals surface area contributed by atoms with Crippen LogP contribution in [-0.2, 0) is 13.1 Å². The monoisotopic (exact) mass is 418 g/mol. The Morgan fingerprint density at radius 3 is 2.00 bits per heavy atom. The van der Waals surface area contributed by atoms with Gasteiger partial charge in [-0.2, -0.15) is 0 Å². The summed E-state index contributed by atoms with van der Waals surface area (Å²) >= 11 is 0. The predicted molar refractivity (Wildman–Crippen MR) is 107 cm³/mol. The van der Waals surface area contributed by atoms with Gasteiger partial charge < -0.3 is 9.80 Å². The molecule has 0 bridgehead atoms. The summed E-state index contributed by atoms with van der Waals surface area (Å²) < 4.78 is 0. The molecule has 0 atom stereocenters. The van der Waals surface area contributed by atoms with Crippen LogP contribution in [0.2, 0.25) is 0 Å². The van der Waals surface area contributed by atoms with Gasteiger partial charge in [0.05, 0.1) is 6.54 Å². The van der Waals surface area contributed by atoms with E-state index in [9.17, 15) is 0 Å². The maximum absolute atomic E-state index is 4.71. The second-order valence-corrected chi connectivity index (χ2v) is 5.69. The first-order chi connectivity index (χ1) is 9.97. The molecule has 0 saturated carbocycles. The van der Waals surface area contributed by atoms with Crippen molar-refractivity contribution in [2.24, 2.45) is 4.99 Å². The highest BCUT2D eigenvalue weighted by Crippen LogP contribution is 2.10. The lowest BCUT2D eigenvalue weighted by Gasteiger charge is -2.22. The van der Waals surface area contributed by atoms with Crippen LogP contribution in [0.25, 0.3) is 0 Å². The van der Waals surface area contributed by atoms with E-state index in [-0.39, 0.29) is 24.0 Å². The quantitative estimate of drug-likeness (QED) is 0.403. The van der Waals surface area contributed by atoms with E-state index in [2.05, 4.69) is 43.0 Å². The average molecular weight is 418 g/mol. The van der Waals surface area contributed by atoms with E-state index in [4.69, 9.17) is 4.99 Å². The van der Waals surface area contributed by atoms with E-state index in [0.717, 1.165) is 32.1 Å². The Balaban J connectivity index is 0.00000441. The van der Waals surface area contributed by atoms with Crippen LogP contribution in [0.15, 0.2) is 29.3 Å². The molecule has 22 heavy (non-hydrogen) atoms. The summed E-state index contributed by atoms with van der Waals surface area (Å²) in [7, 11) is 8.09. The maximum Gasteiger partial charge on any atom is 0.195 e. The Morgan fingerprint density at radius 2 is 1.50 bits per heavy atom. The Kier molecular flexibility index (Phi) is 10.4. The molecular weight excluding hydrogens is 387 g/mol. The zero-order valence-electron chi connectivity index (χ0n) is 14.8. The molecule has 0 heterocycles. The largest absolute Gasteiger partial charge is 0.349 e. The van der Waals surface area contributed by atoms with Gasteiger partial charge in [0.25, 0.3) is 0 Å². The summed E-state index contributed by atoms with van der Waals surface area (Å²) in [5, 5.41) is 0. The highest BCUT2D eigenvalue weighted by molar-refractivity contribution is 14.0. The van der Waals surface area contributed by atoms with Crippen LogP contribution >= 0.6 is 24.0 Å². The molecule has 0 amide bonds. The van der Waals surface area contributed by atoms with E-state index >= 15 is 0 Å². The smallest absolute Gasteiger partial charge is 0.195 e. The van der Waals surface area contributed by atoms with E-state index in [1.807, 2.05) is 38.0 Å². The summed E-state index contributed by atoms with van der Waals surface area (Å²) in [4.78, 5) is 11.2. The number of hydrogen-bond acceptors (Lipinski definition) is 2. The topological polar surface area (TPSA) is 22.1 Å². The van der Waals surface area contributed by atoms with Gasteiger partial charge in [-0.3, -0.25) is 4.90 Å². The summed E-state index contributed by atoms with van der Waals surface area (Å²) in [6.45, 7) is 8.32. The zero-order valence-corrected chi connectivity index (χ0v) is 17.2. The molecule has 1 aromatic carbocycles. The molecule has 1 rings (SSSR count). The third-order valence-corrected chi connectivity index (χ3v) is 3.50. The molecule has 0 aliphatic heterocycles. The van der Waals surface area contributed by atoms with Crippen LogP contribution in [-0.4, -0.2) is 61.9 Å². The fourth-order valence-corrected chi connectivity index (χ4v) is 2.38. The summed E-state index contributed by atoms with van der Waals surface area (Å²) in [6.07, 6.45) is 0. The van der Waals surface area contributed by atoms with Crippen molar-refractivity contribution in [1.82, 2.24) is 14.7 Å².